The van der Waals surface area contributed by atoms with Crippen LogP contribution in [0.2, 0.25) is 0 Å². The highest BCUT2D eigenvalue weighted by Crippen LogP contribution is 2.54. The fourth-order valence-electron chi connectivity index (χ4n) is 5.01. The second-order valence-corrected chi connectivity index (χ2v) is 8.74. The zero-order valence-electron chi connectivity index (χ0n) is 19.7. The molecule has 1 amide bonds. The molecule has 0 aromatic heterocycles. The molecule has 0 unspecified atom stereocenters. The summed E-state index contributed by atoms with van der Waals surface area (Å²) in [5.74, 6) is 0.206. The molecular formula is C28H29N3O3. The maximum Gasteiger partial charge on any atom is 0.251 e. The van der Waals surface area contributed by atoms with Crippen molar-refractivity contribution in [1.82, 2.24) is 5.32 Å². The third-order valence-electron chi connectivity index (χ3n) is 6.81. The summed E-state index contributed by atoms with van der Waals surface area (Å²) in [5.41, 5.74) is 15.8. The van der Waals surface area contributed by atoms with Gasteiger partial charge in [0.2, 0.25) is 0 Å². The number of aryl methyl sites for hydroxylation is 2. The van der Waals surface area contributed by atoms with E-state index >= 15 is 0 Å². The van der Waals surface area contributed by atoms with E-state index in [-0.39, 0.29) is 18.1 Å². The Bertz CT molecular complexity index is 1280. The van der Waals surface area contributed by atoms with Crippen LogP contribution in [0.15, 0.2) is 59.8 Å². The van der Waals surface area contributed by atoms with Crippen LogP contribution < -0.4 is 11.1 Å². The van der Waals surface area contributed by atoms with Crippen molar-refractivity contribution in [3.63, 3.8) is 0 Å². The molecule has 0 saturated heterocycles. The Balaban J connectivity index is 1.31. The fourth-order valence-corrected chi connectivity index (χ4v) is 5.01. The molecule has 0 aliphatic carbocycles. The summed E-state index contributed by atoms with van der Waals surface area (Å²) >= 11 is 0. The van der Waals surface area contributed by atoms with E-state index in [2.05, 4.69) is 36.5 Å². The van der Waals surface area contributed by atoms with Crippen LogP contribution in [-0.2, 0) is 29.0 Å². The second-order valence-electron chi connectivity index (χ2n) is 8.74. The number of nitrogens with one attached hydrogen (secondary N) is 1. The Morgan fingerprint density at radius 2 is 1.50 bits per heavy atom. The maximum absolute atomic E-state index is 12.9. The number of nitrogens with zero attached hydrogens (tertiary/aromatic N) is 1. The van der Waals surface area contributed by atoms with E-state index in [1.807, 2.05) is 42.5 Å². The van der Waals surface area contributed by atoms with Crippen molar-refractivity contribution in [2.45, 2.75) is 45.4 Å². The predicted octanol–water partition coefficient (Wildman–Crippen LogP) is 4.53. The van der Waals surface area contributed by atoms with Crippen LogP contribution in [0.25, 0.3) is 0 Å². The maximum atomic E-state index is 12.9. The van der Waals surface area contributed by atoms with Gasteiger partial charge in [-0.3, -0.25) is 4.79 Å². The van der Waals surface area contributed by atoms with Gasteiger partial charge in [-0.25, -0.2) is 0 Å². The zero-order valence-corrected chi connectivity index (χ0v) is 19.7. The Kier molecular flexibility index (Phi) is 5.84. The minimum atomic E-state index is -0.106. The summed E-state index contributed by atoms with van der Waals surface area (Å²) in [6.45, 7) is 4.82. The lowest BCUT2D eigenvalue weighted by molar-refractivity contribution is 0.0857. The van der Waals surface area contributed by atoms with Crippen molar-refractivity contribution in [3.8, 4) is 0 Å². The van der Waals surface area contributed by atoms with Crippen molar-refractivity contribution in [2.24, 2.45) is 10.9 Å². The third-order valence-corrected chi connectivity index (χ3v) is 6.81. The molecule has 2 heterocycles. The van der Waals surface area contributed by atoms with Gasteiger partial charge in [-0.2, -0.15) is 0 Å². The number of hydrogen-bond acceptors (Lipinski definition) is 4. The molecule has 6 nitrogen and oxygen atoms in total. The Labute approximate surface area is 199 Å². The topological polar surface area (TPSA) is 85.9 Å². The minimum Gasteiger partial charge on any atom is -0.397 e. The molecule has 0 fully saturated rings. The summed E-state index contributed by atoms with van der Waals surface area (Å²) in [7, 11) is 1.45. The first-order chi connectivity index (χ1) is 16.5. The van der Waals surface area contributed by atoms with Crippen LogP contribution in [0.4, 0.5) is 0 Å². The molecule has 0 radical (unpaired) electrons. The highest BCUT2D eigenvalue weighted by molar-refractivity contribution is 5.97. The lowest BCUT2D eigenvalue weighted by Crippen LogP contribution is -2.23. The summed E-state index contributed by atoms with van der Waals surface area (Å²) < 4.78 is 6.36. The molecule has 2 bridgehead atoms. The van der Waals surface area contributed by atoms with E-state index in [0.717, 1.165) is 29.5 Å². The van der Waals surface area contributed by atoms with Crippen LogP contribution in [-0.4, -0.2) is 18.9 Å². The number of nitrogens with two attached hydrogens (primary N) is 1. The highest BCUT2D eigenvalue weighted by atomic mass is 16.6. The second kappa shape index (κ2) is 8.95. The predicted molar refractivity (Wildman–Crippen MR) is 132 cm³/mol. The molecule has 6 heteroatoms. The summed E-state index contributed by atoms with van der Waals surface area (Å²) in [6.07, 6.45) is 1.91. The van der Waals surface area contributed by atoms with Crippen molar-refractivity contribution >= 4 is 11.7 Å². The summed E-state index contributed by atoms with van der Waals surface area (Å²) in [5, 5.41) is 6.74. The van der Waals surface area contributed by atoms with E-state index in [1.165, 1.54) is 34.9 Å². The first-order valence-electron chi connectivity index (χ1n) is 11.7. The molecule has 0 spiro atoms. The van der Waals surface area contributed by atoms with Crippen molar-refractivity contribution in [1.29, 1.82) is 0 Å². The van der Waals surface area contributed by atoms with Gasteiger partial charge in [0.1, 0.15) is 19.3 Å². The third kappa shape index (κ3) is 3.74. The highest BCUT2D eigenvalue weighted by Gasteiger charge is 2.43. The quantitative estimate of drug-likeness (QED) is 0.311. The number of benzene rings is 3. The van der Waals surface area contributed by atoms with Gasteiger partial charge in [0.15, 0.2) is 5.84 Å². The molecule has 3 aromatic rings. The first kappa shape index (κ1) is 22.2. The molecular weight excluding hydrogens is 426 g/mol. The lowest BCUT2D eigenvalue weighted by atomic mass is 9.82. The first-order valence-corrected chi connectivity index (χ1v) is 11.7. The van der Waals surface area contributed by atoms with Crippen molar-refractivity contribution in [2.75, 3.05) is 7.11 Å². The van der Waals surface area contributed by atoms with Crippen LogP contribution >= 0.6 is 0 Å². The van der Waals surface area contributed by atoms with Gasteiger partial charge >= 0.3 is 0 Å². The normalized spacial score (nSPS) is 17.9. The SMILES string of the molecule is CCc1cc2c(cc1CC)[C@H]1O[C@@H]2c2cc(C(=O)NCc3ccc(C(N)=NOC)cc3)ccc21. The number of carbonyl (C=O) groups is 1. The number of carbonyl (C=O) groups excluding carboxylic acids is 1. The summed E-state index contributed by atoms with van der Waals surface area (Å²) in [6, 6.07) is 18.1. The molecule has 5 rings (SSSR count). The number of ether oxygens (including phenoxy) is 1. The van der Waals surface area contributed by atoms with Gasteiger partial charge in [0.05, 0.1) is 0 Å². The van der Waals surface area contributed by atoms with Crippen LogP contribution in [0.5, 0.6) is 0 Å². The van der Waals surface area contributed by atoms with Gasteiger partial charge in [-0.05, 0) is 63.9 Å². The lowest BCUT2D eigenvalue weighted by Gasteiger charge is -2.19. The van der Waals surface area contributed by atoms with Crippen LogP contribution in [0, 0.1) is 0 Å². The van der Waals surface area contributed by atoms with Gasteiger partial charge in [-0.15, -0.1) is 0 Å². The number of amidine groups is 1. The molecule has 174 valence electrons. The summed E-state index contributed by atoms with van der Waals surface area (Å²) in [4.78, 5) is 17.6. The Morgan fingerprint density at radius 3 is 2.12 bits per heavy atom. The van der Waals surface area contributed by atoms with E-state index in [9.17, 15) is 4.79 Å². The van der Waals surface area contributed by atoms with E-state index in [4.69, 9.17) is 15.3 Å². The molecule has 2 aliphatic heterocycles. The van der Waals surface area contributed by atoms with Crippen molar-refractivity contribution in [3.05, 3.63) is 105 Å². The average Bonchev–Trinajstić information content (AvgIpc) is 3.43. The molecule has 3 aromatic carbocycles. The number of oxime groups is 1. The Morgan fingerprint density at radius 1 is 0.912 bits per heavy atom. The monoisotopic (exact) mass is 455 g/mol. The average molecular weight is 456 g/mol. The minimum absolute atomic E-state index is 0.0316. The fraction of sp³-hybridized carbons (Fsp3) is 0.286. The zero-order chi connectivity index (χ0) is 23.8. The molecule has 3 N–H and O–H groups in total. The van der Waals surface area contributed by atoms with Gasteiger partial charge in [-0.1, -0.05) is 61.5 Å². The van der Waals surface area contributed by atoms with E-state index in [0.29, 0.717) is 17.9 Å². The number of amides is 1. The largest absolute Gasteiger partial charge is 0.397 e. The number of hydrogen-bond donors (Lipinski definition) is 2. The van der Waals surface area contributed by atoms with Gasteiger partial charge in [0.25, 0.3) is 5.91 Å². The number of rotatable bonds is 7. The molecule has 0 saturated carbocycles. The van der Waals surface area contributed by atoms with E-state index in [1.54, 1.807) is 0 Å². The van der Waals surface area contributed by atoms with Crippen LogP contribution in [0.3, 0.4) is 0 Å². The smallest absolute Gasteiger partial charge is 0.251 e. The molecule has 2 atom stereocenters. The van der Waals surface area contributed by atoms with E-state index < -0.39 is 0 Å². The van der Waals surface area contributed by atoms with Crippen LogP contribution in [0.1, 0.15) is 80.9 Å². The Hall–Kier alpha value is -3.64. The van der Waals surface area contributed by atoms with Gasteiger partial charge < -0.3 is 20.6 Å². The number of fused-ring (bicyclic) bond motifs is 8. The molecule has 34 heavy (non-hydrogen) atoms. The molecule has 2 aliphatic rings. The van der Waals surface area contributed by atoms with Crippen molar-refractivity contribution < 1.29 is 14.4 Å². The standard InChI is InChI=1S/C28H29N3O3/c1-4-17-12-23-24(13-18(17)5-2)26-22-14-20(10-11-21(22)25(23)34-26)28(32)30-15-16-6-8-19(9-7-16)27(29)31-33-3/h6-14,25-26H,4-5,15H2,1-3H3,(H2,29,31)(H,30,32)/t25-,26+/m0/s1. The van der Waals surface area contributed by atoms with Gasteiger partial charge in [0, 0.05) is 17.7 Å².